The Balaban J connectivity index is 3.02. The minimum absolute atomic E-state index is 0.195. The second kappa shape index (κ2) is 3.90. The molecule has 0 heterocycles. The van der Waals surface area contributed by atoms with Gasteiger partial charge in [0.05, 0.1) is 10.6 Å². The molecule has 0 N–H and O–H groups in total. The lowest BCUT2D eigenvalue weighted by atomic mass is 10.2. The lowest BCUT2D eigenvalue weighted by molar-refractivity contribution is 0.552. The van der Waals surface area contributed by atoms with Gasteiger partial charge in [0.2, 0.25) is 0 Å². The molecule has 0 aromatic heterocycles. The fourth-order valence-electron chi connectivity index (χ4n) is 1.05. The molecule has 0 bridgehead atoms. The number of hydrogen-bond acceptors (Lipinski definition) is 4. The fourth-order valence-corrected chi connectivity index (χ4v) is 2.31. The molecule has 84 valence electrons. The van der Waals surface area contributed by atoms with Crippen LogP contribution < -0.4 is 0 Å². The van der Waals surface area contributed by atoms with Gasteiger partial charge in [0.25, 0.3) is 0 Å². The fraction of sp³-hybridized carbons (Fsp3) is 0.250. The maximum atomic E-state index is 12.4. The number of rotatable bonds is 3. The van der Waals surface area contributed by atoms with Crippen LogP contribution in [0, 0.1) is 0 Å². The summed E-state index contributed by atoms with van der Waals surface area (Å²) in [5.74, 6) is -0.195. The molecule has 7 heteroatoms. The highest BCUT2D eigenvalue weighted by Crippen LogP contribution is 2.14. The van der Waals surface area contributed by atoms with E-state index in [9.17, 15) is 20.7 Å². The summed E-state index contributed by atoms with van der Waals surface area (Å²) in [5, 5.41) is 0. The molecule has 15 heavy (non-hydrogen) atoms. The molecule has 0 aliphatic heterocycles. The first-order valence-corrected chi connectivity index (χ1v) is 7.34. The van der Waals surface area contributed by atoms with Crippen molar-refractivity contribution in [1.82, 2.24) is 0 Å². The number of sulfone groups is 1. The topological polar surface area (TPSA) is 68.3 Å². The third kappa shape index (κ3) is 3.96. The molecule has 0 atom stereocenters. The molecule has 1 aromatic carbocycles. The molecule has 0 fully saturated rings. The van der Waals surface area contributed by atoms with E-state index in [1.165, 1.54) is 12.1 Å². The van der Waals surface area contributed by atoms with Gasteiger partial charge in [-0.15, -0.1) is 3.89 Å². The van der Waals surface area contributed by atoms with Gasteiger partial charge in [-0.25, -0.2) is 8.42 Å². The van der Waals surface area contributed by atoms with E-state index in [0.717, 1.165) is 18.4 Å². The highest BCUT2D eigenvalue weighted by Gasteiger charge is 2.11. The smallest absolute Gasteiger partial charge is 0.229 e. The van der Waals surface area contributed by atoms with Crippen molar-refractivity contribution in [3.8, 4) is 0 Å². The Morgan fingerprint density at radius 2 is 1.53 bits per heavy atom. The van der Waals surface area contributed by atoms with Crippen molar-refractivity contribution < 1.29 is 20.7 Å². The average Bonchev–Trinajstić information content (AvgIpc) is 2.00. The van der Waals surface area contributed by atoms with Crippen molar-refractivity contribution in [2.24, 2.45) is 0 Å². The van der Waals surface area contributed by atoms with E-state index in [1.807, 2.05) is 0 Å². The predicted molar refractivity (Wildman–Crippen MR) is 53.3 cm³/mol. The third-order valence-corrected chi connectivity index (χ3v) is 3.33. The van der Waals surface area contributed by atoms with Crippen molar-refractivity contribution in [2.75, 3.05) is 6.26 Å². The van der Waals surface area contributed by atoms with Gasteiger partial charge in [-0.05, 0) is 17.7 Å². The first-order chi connectivity index (χ1) is 6.68. The van der Waals surface area contributed by atoms with Crippen LogP contribution in [0.25, 0.3) is 0 Å². The summed E-state index contributed by atoms with van der Waals surface area (Å²) in [4.78, 5) is -0.472. The Morgan fingerprint density at radius 1 is 1.07 bits per heavy atom. The van der Waals surface area contributed by atoms with Crippen LogP contribution in [0.15, 0.2) is 29.2 Å². The quantitative estimate of drug-likeness (QED) is 0.749. The minimum Gasteiger partial charge on any atom is -0.229 e. The van der Waals surface area contributed by atoms with E-state index in [1.54, 1.807) is 0 Å². The van der Waals surface area contributed by atoms with Gasteiger partial charge in [0, 0.05) is 6.26 Å². The molecule has 0 unspecified atom stereocenters. The lowest BCUT2D eigenvalue weighted by Gasteiger charge is -1.99. The predicted octanol–water partition coefficient (Wildman–Crippen LogP) is 0.889. The number of benzene rings is 1. The Bertz CT molecular complexity index is 543. The van der Waals surface area contributed by atoms with E-state index < -0.39 is 25.0 Å². The van der Waals surface area contributed by atoms with Crippen LogP contribution in [0.3, 0.4) is 0 Å². The zero-order valence-corrected chi connectivity index (χ0v) is 9.48. The molecule has 4 nitrogen and oxygen atoms in total. The van der Waals surface area contributed by atoms with E-state index in [2.05, 4.69) is 0 Å². The largest absolute Gasteiger partial charge is 0.332 e. The lowest BCUT2D eigenvalue weighted by Crippen LogP contribution is -2.01. The third-order valence-electron chi connectivity index (χ3n) is 1.63. The Hall–Kier alpha value is -0.950. The SMILES string of the molecule is CS(=O)(=O)Cc1ccc(S(=O)(=O)F)cc1. The average molecular weight is 252 g/mol. The van der Waals surface area contributed by atoms with Gasteiger partial charge in [-0.1, -0.05) is 12.1 Å². The van der Waals surface area contributed by atoms with Crippen LogP contribution in [-0.4, -0.2) is 23.1 Å². The normalized spacial score (nSPS) is 12.7. The first-order valence-electron chi connectivity index (χ1n) is 3.90. The van der Waals surface area contributed by atoms with Crippen molar-refractivity contribution in [1.29, 1.82) is 0 Å². The summed E-state index contributed by atoms with van der Waals surface area (Å²) in [7, 11) is -7.88. The molecule has 0 spiro atoms. The number of hydrogen-bond donors (Lipinski definition) is 0. The van der Waals surface area contributed by atoms with Crippen LogP contribution in [0.1, 0.15) is 5.56 Å². The second-order valence-electron chi connectivity index (χ2n) is 3.15. The number of halogens is 1. The van der Waals surface area contributed by atoms with Crippen molar-refractivity contribution in [3.63, 3.8) is 0 Å². The molecule has 0 aliphatic carbocycles. The molecule has 1 aromatic rings. The van der Waals surface area contributed by atoms with Gasteiger partial charge >= 0.3 is 10.2 Å². The maximum Gasteiger partial charge on any atom is 0.332 e. The Labute approximate surface area is 87.9 Å². The highest BCUT2D eigenvalue weighted by molar-refractivity contribution is 7.89. The van der Waals surface area contributed by atoms with Crippen LogP contribution in [0.5, 0.6) is 0 Å². The second-order valence-corrected chi connectivity index (χ2v) is 6.64. The van der Waals surface area contributed by atoms with Gasteiger partial charge in [-0.3, -0.25) is 0 Å². The van der Waals surface area contributed by atoms with Crippen LogP contribution in [0.4, 0.5) is 3.89 Å². The van der Waals surface area contributed by atoms with E-state index in [4.69, 9.17) is 0 Å². The van der Waals surface area contributed by atoms with Gasteiger partial charge in [0.15, 0.2) is 9.84 Å². The van der Waals surface area contributed by atoms with Crippen molar-refractivity contribution in [3.05, 3.63) is 29.8 Å². The summed E-state index contributed by atoms with van der Waals surface area (Å²) in [6.07, 6.45) is 1.06. The molecule has 0 saturated carbocycles. The zero-order chi connectivity index (χ0) is 11.7. The highest BCUT2D eigenvalue weighted by atomic mass is 32.3. The van der Waals surface area contributed by atoms with Gasteiger partial charge in [0.1, 0.15) is 0 Å². The zero-order valence-electron chi connectivity index (χ0n) is 7.84. The monoisotopic (exact) mass is 252 g/mol. The van der Waals surface area contributed by atoms with Crippen molar-refractivity contribution in [2.45, 2.75) is 10.6 Å². The maximum absolute atomic E-state index is 12.4. The molecule has 1 rings (SSSR count). The molecular formula is C8H9FO4S2. The van der Waals surface area contributed by atoms with Gasteiger partial charge < -0.3 is 0 Å². The summed E-state index contributed by atoms with van der Waals surface area (Å²) in [6.45, 7) is 0. The molecule has 0 saturated heterocycles. The minimum atomic E-state index is -4.71. The summed E-state index contributed by atoms with van der Waals surface area (Å²) in [5.41, 5.74) is 0.421. The first kappa shape index (κ1) is 12.1. The standard InChI is InChI=1S/C8H9FO4S2/c1-14(10,11)6-7-2-4-8(5-3-7)15(9,12)13/h2-5H,6H2,1H3. The summed E-state index contributed by atoms with van der Waals surface area (Å²) < 4.78 is 55.1. The van der Waals surface area contributed by atoms with Crippen LogP contribution in [-0.2, 0) is 25.8 Å². The van der Waals surface area contributed by atoms with Crippen LogP contribution in [0.2, 0.25) is 0 Å². The van der Waals surface area contributed by atoms with E-state index in [-0.39, 0.29) is 5.75 Å². The molecule has 0 amide bonds. The van der Waals surface area contributed by atoms with E-state index >= 15 is 0 Å². The van der Waals surface area contributed by atoms with Gasteiger partial charge in [-0.2, -0.15) is 8.42 Å². The van der Waals surface area contributed by atoms with E-state index in [0.29, 0.717) is 5.56 Å². The molecular weight excluding hydrogens is 243 g/mol. The molecule has 0 aliphatic rings. The Kier molecular flexibility index (Phi) is 3.15. The summed E-state index contributed by atoms with van der Waals surface area (Å²) >= 11 is 0. The summed E-state index contributed by atoms with van der Waals surface area (Å²) in [6, 6.07) is 4.62. The van der Waals surface area contributed by atoms with Crippen molar-refractivity contribution >= 4 is 20.1 Å². The molecule has 0 radical (unpaired) electrons. The Morgan fingerprint density at radius 3 is 1.87 bits per heavy atom. The van der Waals surface area contributed by atoms with Crippen LogP contribution >= 0.6 is 0 Å².